The molecule has 1 aliphatic carbocycles. The molecule has 0 heterocycles. The van der Waals surface area contributed by atoms with Crippen LogP contribution in [0.1, 0.15) is 149 Å². The van der Waals surface area contributed by atoms with Crippen LogP contribution in [0.2, 0.25) is 0 Å². The Balaban J connectivity index is 1.88. The van der Waals surface area contributed by atoms with Crippen molar-refractivity contribution >= 4 is 15.9 Å². The summed E-state index contributed by atoms with van der Waals surface area (Å²) in [6.45, 7) is 16.4. The quantitative estimate of drug-likeness (QED) is 0.161. The van der Waals surface area contributed by atoms with E-state index in [0.29, 0.717) is 5.92 Å². The van der Waals surface area contributed by atoms with E-state index >= 15 is 0 Å². The Hall–Kier alpha value is -1.86. The molecule has 0 spiro atoms. The Morgan fingerprint density at radius 1 is 0.650 bits per heavy atom. The van der Waals surface area contributed by atoms with Crippen molar-refractivity contribution in [3.63, 3.8) is 0 Å². The maximum Gasteiger partial charge on any atom is 0.0436 e. The van der Waals surface area contributed by atoms with Crippen molar-refractivity contribution < 1.29 is 0 Å². The van der Waals surface area contributed by atoms with Gasteiger partial charge in [-0.05, 0) is 127 Å². The van der Waals surface area contributed by atoms with E-state index in [2.05, 4.69) is 107 Å². The minimum Gasteiger partial charge on any atom is -0.0654 e. The lowest BCUT2D eigenvalue weighted by atomic mass is 9.72. The molecule has 0 saturated heterocycles. The van der Waals surface area contributed by atoms with Gasteiger partial charge in [-0.1, -0.05) is 119 Å². The summed E-state index contributed by atoms with van der Waals surface area (Å²) in [6.07, 6.45) is 15.4. The molecule has 0 aliphatic heterocycles. The van der Waals surface area contributed by atoms with Gasteiger partial charge in [0, 0.05) is 9.89 Å². The summed E-state index contributed by atoms with van der Waals surface area (Å²) in [5, 5.41) is 0. The van der Waals surface area contributed by atoms with E-state index in [-0.39, 0.29) is 5.41 Å². The van der Waals surface area contributed by atoms with E-state index in [0.717, 1.165) is 0 Å². The number of halogens is 1. The van der Waals surface area contributed by atoms with Crippen molar-refractivity contribution in [3.8, 4) is 11.1 Å². The van der Waals surface area contributed by atoms with E-state index < -0.39 is 0 Å². The van der Waals surface area contributed by atoms with E-state index in [4.69, 9.17) is 0 Å². The van der Waals surface area contributed by atoms with Crippen molar-refractivity contribution in [1.82, 2.24) is 0 Å². The predicted molar refractivity (Wildman–Crippen MR) is 180 cm³/mol. The molecule has 4 rings (SSSR count). The average Bonchev–Trinajstić information content (AvgIpc) is 3.16. The van der Waals surface area contributed by atoms with Crippen LogP contribution >= 0.6 is 15.9 Å². The summed E-state index contributed by atoms with van der Waals surface area (Å²) in [5.74, 6) is 0.579. The molecule has 0 N–H and O–H groups in total. The molecule has 1 aliphatic rings. The fourth-order valence-corrected chi connectivity index (χ4v) is 7.45. The topological polar surface area (TPSA) is 0 Å². The van der Waals surface area contributed by atoms with Crippen LogP contribution in [0.4, 0.5) is 0 Å². The molecule has 2 unspecified atom stereocenters. The van der Waals surface area contributed by atoms with Crippen LogP contribution < -0.4 is 0 Å². The molecule has 0 radical (unpaired) electrons. The number of unbranched alkanes of at least 4 members (excludes halogenated alkanes) is 6. The lowest BCUT2D eigenvalue weighted by molar-refractivity contribution is 0.650. The van der Waals surface area contributed by atoms with Gasteiger partial charge in [0.2, 0.25) is 0 Å². The maximum absolute atomic E-state index is 3.92. The van der Waals surface area contributed by atoms with Crippen molar-refractivity contribution in [2.24, 2.45) is 0 Å². The standard InChI is InChI=1S/C39H53Br/c1-8-11-13-15-18-30-22-31(19-16-14-12-9-2)24-32(23-30)39(7)36-25-33(27(4)17-10-3)28(5)20-34(36)35-21-29(6)38(40)26-37(35)39/h20-27H,8-19H2,1-7H3. The number of rotatable bonds is 14. The lowest BCUT2D eigenvalue weighted by Crippen LogP contribution is -2.23. The molecule has 0 nitrogen and oxygen atoms in total. The SMILES string of the molecule is CCCCCCc1cc(CCCCCC)cc(C2(C)c3cc(Br)c(C)cc3-c3cc(C)c(C(C)CCC)cc32)c1. The van der Waals surface area contributed by atoms with Gasteiger partial charge in [-0.3, -0.25) is 0 Å². The van der Waals surface area contributed by atoms with Crippen molar-refractivity contribution in [2.75, 3.05) is 0 Å². The maximum atomic E-state index is 3.92. The highest BCUT2D eigenvalue weighted by Crippen LogP contribution is 2.55. The van der Waals surface area contributed by atoms with Crippen LogP contribution in [-0.4, -0.2) is 0 Å². The second kappa shape index (κ2) is 13.9. The van der Waals surface area contributed by atoms with Gasteiger partial charge in [-0.2, -0.15) is 0 Å². The molecule has 40 heavy (non-hydrogen) atoms. The third-order valence-corrected chi connectivity index (χ3v) is 10.4. The Bertz CT molecular complexity index is 1270. The molecule has 0 amide bonds. The van der Waals surface area contributed by atoms with E-state index in [1.54, 1.807) is 0 Å². The fourth-order valence-electron chi connectivity index (χ4n) is 7.11. The highest BCUT2D eigenvalue weighted by molar-refractivity contribution is 9.10. The van der Waals surface area contributed by atoms with Crippen molar-refractivity contribution in [3.05, 3.63) is 91.4 Å². The van der Waals surface area contributed by atoms with Crippen LogP contribution in [0.3, 0.4) is 0 Å². The normalized spacial score (nSPS) is 16.7. The predicted octanol–water partition coefficient (Wildman–Crippen LogP) is 12.5. The molecule has 2 atom stereocenters. The molecular weight excluding hydrogens is 548 g/mol. The smallest absolute Gasteiger partial charge is 0.0436 e. The fraction of sp³-hybridized carbons (Fsp3) is 0.538. The first-order valence-electron chi connectivity index (χ1n) is 16.3. The number of benzene rings is 3. The number of hydrogen-bond acceptors (Lipinski definition) is 0. The van der Waals surface area contributed by atoms with Crippen LogP contribution in [0, 0.1) is 13.8 Å². The van der Waals surface area contributed by atoms with Gasteiger partial charge in [0.1, 0.15) is 0 Å². The minimum atomic E-state index is -0.160. The van der Waals surface area contributed by atoms with Gasteiger partial charge in [-0.15, -0.1) is 0 Å². The molecule has 3 aromatic carbocycles. The van der Waals surface area contributed by atoms with E-state index in [1.807, 2.05) is 0 Å². The van der Waals surface area contributed by atoms with Gasteiger partial charge >= 0.3 is 0 Å². The molecule has 3 aromatic rings. The summed E-state index contributed by atoms with van der Waals surface area (Å²) >= 11 is 3.92. The Morgan fingerprint density at radius 2 is 1.20 bits per heavy atom. The lowest BCUT2D eigenvalue weighted by Gasteiger charge is -2.31. The molecule has 1 heteroatoms. The van der Waals surface area contributed by atoms with Crippen LogP contribution in [0.5, 0.6) is 0 Å². The third-order valence-electron chi connectivity index (χ3n) is 9.59. The Labute approximate surface area is 254 Å². The van der Waals surface area contributed by atoms with Crippen molar-refractivity contribution in [1.29, 1.82) is 0 Å². The summed E-state index contributed by atoms with van der Waals surface area (Å²) in [6, 6.07) is 17.7. The third kappa shape index (κ3) is 6.46. The number of fused-ring (bicyclic) bond motifs is 3. The Kier molecular flexibility index (Phi) is 10.8. The molecule has 0 fully saturated rings. The molecule has 0 bridgehead atoms. The van der Waals surface area contributed by atoms with Gasteiger partial charge in [0.05, 0.1) is 0 Å². The minimum absolute atomic E-state index is 0.160. The summed E-state index contributed by atoms with van der Waals surface area (Å²) < 4.78 is 1.22. The van der Waals surface area contributed by atoms with Crippen LogP contribution in [0.25, 0.3) is 11.1 Å². The second-order valence-corrected chi connectivity index (χ2v) is 13.7. The monoisotopic (exact) mass is 600 g/mol. The average molecular weight is 602 g/mol. The largest absolute Gasteiger partial charge is 0.0654 e. The zero-order chi connectivity index (χ0) is 28.9. The summed E-state index contributed by atoms with van der Waals surface area (Å²) in [5.41, 5.74) is 14.5. The van der Waals surface area contributed by atoms with E-state index in [9.17, 15) is 0 Å². The molecule has 216 valence electrons. The molecular formula is C39H53Br. The first-order valence-corrected chi connectivity index (χ1v) is 17.1. The van der Waals surface area contributed by atoms with Gasteiger partial charge in [0.15, 0.2) is 0 Å². The number of hydrogen-bond donors (Lipinski definition) is 0. The zero-order valence-electron chi connectivity index (χ0n) is 26.5. The van der Waals surface area contributed by atoms with Gasteiger partial charge < -0.3 is 0 Å². The van der Waals surface area contributed by atoms with Gasteiger partial charge in [0.25, 0.3) is 0 Å². The van der Waals surface area contributed by atoms with Crippen LogP contribution in [0.15, 0.2) is 46.9 Å². The first-order chi connectivity index (χ1) is 19.2. The summed E-state index contributed by atoms with van der Waals surface area (Å²) in [7, 11) is 0. The van der Waals surface area contributed by atoms with Crippen LogP contribution in [-0.2, 0) is 18.3 Å². The number of aryl methyl sites for hydroxylation is 4. The molecule has 0 aromatic heterocycles. The second-order valence-electron chi connectivity index (χ2n) is 12.9. The highest BCUT2D eigenvalue weighted by atomic mass is 79.9. The zero-order valence-corrected chi connectivity index (χ0v) is 28.1. The Morgan fingerprint density at radius 3 is 1.75 bits per heavy atom. The van der Waals surface area contributed by atoms with E-state index in [1.165, 1.54) is 137 Å². The van der Waals surface area contributed by atoms with Crippen molar-refractivity contribution in [2.45, 2.75) is 137 Å². The summed E-state index contributed by atoms with van der Waals surface area (Å²) in [4.78, 5) is 0. The first kappa shape index (κ1) is 31.1. The van der Waals surface area contributed by atoms with Gasteiger partial charge in [-0.25, -0.2) is 0 Å². The molecule has 0 saturated carbocycles. The highest BCUT2D eigenvalue weighted by Gasteiger charge is 2.42.